The van der Waals surface area contributed by atoms with Gasteiger partial charge in [0.05, 0.1) is 0 Å². The van der Waals surface area contributed by atoms with Crippen LogP contribution in [0.2, 0.25) is 0 Å². The van der Waals surface area contributed by atoms with E-state index in [4.69, 9.17) is 0 Å². The maximum absolute atomic E-state index is 3.80. The van der Waals surface area contributed by atoms with Crippen LogP contribution in [0.25, 0.3) is 0 Å². The first-order valence-electron chi connectivity index (χ1n) is 4.54. The third kappa shape index (κ3) is 0.902. The van der Waals surface area contributed by atoms with Gasteiger partial charge in [0, 0.05) is 0 Å². The third-order valence-electron chi connectivity index (χ3n) is 3.27. The average Bonchev–Trinajstić information content (AvgIpc) is 2.66. The number of rotatable bonds is 2. The lowest BCUT2D eigenvalue weighted by Crippen LogP contribution is -1.91. The second-order valence-electron chi connectivity index (χ2n) is 3.80. The Hall–Kier alpha value is -0.260. The molecular weight excluding hydrogens is 120 g/mol. The van der Waals surface area contributed by atoms with E-state index in [0.717, 1.165) is 17.8 Å². The minimum Gasteiger partial charge on any atom is -0.103 e. The SMILES string of the molecule is C=CCC1[C@H]2CCCC[C@@H]12. The molecule has 0 N–H and O–H groups in total. The monoisotopic (exact) mass is 136 g/mol. The normalized spacial score (nSPS) is 44.2. The fourth-order valence-corrected chi connectivity index (χ4v) is 2.68. The van der Waals surface area contributed by atoms with Crippen LogP contribution in [0.4, 0.5) is 0 Å². The molecule has 2 fully saturated rings. The Morgan fingerprint density at radius 3 is 2.30 bits per heavy atom. The summed E-state index contributed by atoms with van der Waals surface area (Å²) in [5, 5.41) is 0. The fraction of sp³-hybridized carbons (Fsp3) is 0.800. The summed E-state index contributed by atoms with van der Waals surface area (Å²) in [7, 11) is 0. The summed E-state index contributed by atoms with van der Waals surface area (Å²) < 4.78 is 0. The van der Waals surface area contributed by atoms with E-state index in [1.807, 2.05) is 0 Å². The Morgan fingerprint density at radius 2 is 1.80 bits per heavy atom. The molecule has 0 radical (unpaired) electrons. The van der Waals surface area contributed by atoms with Crippen molar-refractivity contribution in [3.63, 3.8) is 0 Å². The van der Waals surface area contributed by atoms with E-state index < -0.39 is 0 Å². The smallest absolute Gasteiger partial charge is 0.0317 e. The molecule has 2 rings (SSSR count). The van der Waals surface area contributed by atoms with Crippen LogP contribution in [0, 0.1) is 17.8 Å². The molecule has 0 nitrogen and oxygen atoms in total. The van der Waals surface area contributed by atoms with Gasteiger partial charge in [-0.1, -0.05) is 18.9 Å². The van der Waals surface area contributed by atoms with Crippen molar-refractivity contribution in [2.24, 2.45) is 17.8 Å². The highest BCUT2D eigenvalue weighted by molar-refractivity contribution is 5.01. The Morgan fingerprint density at radius 1 is 1.20 bits per heavy atom. The van der Waals surface area contributed by atoms with E-state index in [9.17, 15) is 0 Å². The lowest BCUT2D eigenvalue weighted by molar-refractivity contribution is 0.480. The molecule has 0 bridgehead atoms. The van der Waals surface area contributed by atoms with Crippen molar-refractivity contribution in [2.45, 2.75) is 32.1 Å². The minimum atomic E-state index is 1.06. The summed E-state index contributed by atoms with van der Waals surface area (Å²) in [6.07, 6.45) is 9.41. The first kappa shape index (κ1) is 6.45. The molecule has 0 aliphatic heterocycles. The van der Waals surface area contributed by atoms with E-state index in [1.54, 1.807) is 0 Å². The average molecular weight is 136 g/mol. The van der Waals surface area contributed by atoms with Gasteiger partial charge in [-0.25, -0.2) is 0 Å². The molecule has 0 heterocycles. The number of fused-ring (bicyclic) bond motifs is 1. The van der Waals surface area contributed by atoms with Crippen molar-refractivity contribution in [3.05, 3.63) is 12.7 Å². The van der Waals surface area contributed by atoms with Crippen molar-refractivity contribution in [1.29, 1.82) is 0 Å². The summed E-state index contributed by atoms with van der Waals surface area (Å²) in [5.74, 6) is 3.29. The topological polar surface area (TPSA) is 0 Å². The van der Waals surface area contributed by atoms with Crippen LogP contribution in [0.15, 0.2) is 12.7 Å². The first-order chi connectivity index (χ1) is 4.93. The first-order valence-corrected chi connectivity index (χ1v) is 4.54. The maximum Gasteiger partial charge on any atom is -0.0317 e. The lowest BCUT2D eigenvalue weighted by Gasteiger charge is -2.04. The zero-order chi connectivity index (χ0) is 6.97. The van der Waals surface area contributed by atoms with Gasteiger partial charge >= 0.3 is 0 Å². The van der Waals surface area contributed by atoms with Crippen molar-refractivity contribution >= 4 is 0 Å². The van der Waals surface area contributed by atoms with Gasteiger partial charge in [-0.05, 0) is 37.0 Å². The maximum atomic E-state index is 3.80. The molecule has 0 aromatic rings. The van der Waals surface area contributed by atoms with Crippen LogP contribution in [-0.4, -0.2) is 0 Å². The molecule has 10 heavy (non-hydrogen) atoms. The van der Waals surface area contributed by atoms with E-state index in [0.29, 0.717) is 0 Å². The van der Waals surface area contributed by atoms with Gasteiger partial charge in [-0.15, -0.1) is 6.58 Å². The minimum absolute atomic E-state index is 1.06. The molecule has 0 aromatic carbocycles. The number of hydrogen-bond donors (Lipinski definition) is 0. The van der Waals surface area contributed by atoms with Crippen LogP contribution in [-0.2, 0) is 0 Å². The van der Waals surface area contributed by atoms with Gasteiger partial charge in [-0.3, -0.25) is 0 Å². The zero-order valence-electron chi connectivity index (χ0n) is 6.55. The summed E-state index contributed by atoms with van der Waals surface area (Å²) >= 11 is 0. The Balaban J connectivity index is 1.87. The van der Waals surface area contributed by atoms with Gasteiger partial charge in [0.15, 0.2) is 0 Å². The fourth-order valence-electron chi connectivity index (χ4n) is 2.68. The second-order valence-corrected chi connectivity index (χ2v) is 3.80. The summed E-state index contributed by atoms with van der Waals surface area (Å²) in [5.41, 5.74) is 0. The molecule has 1 unspecified atom stereocenters. The molecule has 0 aromatic heterocycles. The zero-order valence-corrected chi connectivity index (χ0v) is 6.55. The summed E-state index contributed by atoms with van der Waals surface area (Å²) in [6, 6.07) is 0. The van der Waals surface area contributed by atoms with E-state index in [2.05, 4.69) is 12.7 Å². The molecule has 2 aliphatic carbocycles. The molecule has 0 heteroatoms. The van der Waals surface area contributed by atoms with Crippen molar-refractivity contribution < 1.29 is 0 Å². The van der Waals surface area contributed by atoms with Crippen LogP contribution < -0.4 is 0 Å². The standard InChI is InChI=1S/C10H16/c1-2-5-8-9-6-3-4-7-10(8)9/h2,8-10H,1,3-7H2/t8?,9-,10+. The van der Waals surface area contributed by atoms with Crippen molar-refractivity contribution in [3.8, 4) is 0 Å². The van der Waals surface area contributed by atoms with E-state index in [1.165, 1.54) is 32.1 Å². The highest BCUT2D eigenvalue weighted by Crippen LogP contribution is 2.56. The van der Waals surface area contributed by atoms with Gasteiger partial charge in [0.1, 0.15) is 0 Å². The van der Waals surface area contributed by atoms with Gasteiger partial charge in [0.2, 0.25) is 0 Å². The van der Waals surface area contributed by atoms with E-state index in [-0.39, 0.29) is 0 Å². The third-order valence-corrected chi connectivity index (χ3v) is 3.27. The quantitative estimate of drug-likeness (QED) is 0.512. The van der Waals surface area contributed by atoms with Crippen LogP contribution >= 0.6 is 0 Å². The molecular formula is C10H16. The Kier molecular flexibility index (Phi) is 1.55. The van der Waals surface area contributed by atoms with Crippen molar-refractivity contribution in [1.82, 2.24) is 0 Å². The predicted octanol–water partition coefficient (Wildman–Crippen LogP) is 3.00. The highest BCUT2D eigenvalue weighted by Gasteiger charge is 2.48. The summed E-state index contributed by atoms with van der Waals surface area (Å²) in [4.78, 5) is 0. The van der Waals surface area contributed by atoms with Gasteiger partial charge < -0.3 is 0 Å². The predicted molar refractivity (Wildman–Crippen MR) is 43.8 cm³/mol. The van der Waals surface area contributed by atoms with Crippen LogP contribution in [0.1, 0.15) is 32.1 Å². The molecule has 0 saturated heterocycles. The molecule has 2 saturated carbocycles. The summed E-state index contributed by atoms with van der Waals surface area (Å²) in [6.45, 7) is 3.80. The van der Waals surface area contributed by atoms with Gasteiger partial charge in [-0.2, -0.15) is 0 Å². The second kappa shape index (κ2) is 2.41. The van der Waals surface area contributed by atoms with Crippen molar-refractivity contribution in [2.75, 3.05) is 0 Å². The highest BCUT2D eigenvalue weighted by atomic mass is 14.5. The van der Waals surface area contributed by atoms with Crippen LogP contribution in [0.5, 0.6) is 0 Å². The lowest BCUT2D eigenvalue weighted by atomic mass is 10.0. The Labute approximate surface area is 63.3 Å². The Bertz CT molecular complexity index is 125. The molecule has 0 amide bonds. The van der Waals surface area contributed by atoms with Gasteiger partial charge in [0.25, 0.3) is 0 Å². The molecule has 0 spiro atoms. The van der Waals surface area contributed by atoms with E-state index >= 15 is 0 Å². The largest absolute Gasteiger partial charge is 0.103 e. The van der Waals surface area contributed by atoms with Crippen LogP contribution in [0.3, 0.4) is 0 Å². The molecule has 56 valence electrons. The molecule has 2 aliphatic rings. The number of allylic oxidation sites excluding steroid dienone is 1. The molecule has 3 atom stereocenters. The number of hydrogen-bond acceptors (Lipinski definition) is 0.